The first-order valence-corrected chi connectivity index (χ1v) is 7.39. The zero-order chi connectivity index (χ0) is 15.4. The lowest BCUT2D eigenvalue weighted by Crippen LogP contribution is -2.26. The fourth-order valence-corrected chi connectivity index (χ4v) is 2.42. The van der Waals surface area contributed by atoms with E-state index in [1.165, 1.54) is 0 Å². The molecule has 0 saturated carbocycles. The van der Waals surface area contributed by atoms with E-state index in [0.717, 1.165) is 6.07 Å². The average molecular weight is 314 g/mol. The Labute approximate surface area is 114 Å². The van der Waals surface area contributed by atoms with Gasteiger partial charge in [-0.25, -0.2) is 12.8 Å². The second kappa shape index (κ2) is 6.40. The number of rotatable bonds is 6. The van der Waals surface area contributed by atoms with Gasteiger partial charge in [-0.3, -0.25) is 4.72 Å². The molecule has 0 aliphatic carbocycles. The number of sulfonamides is 1. The van der Waals surface area contributed by atoms with Crippen LogP contribution in [0.4, 0.5) is 23.2 Å². The van der Waals surface area contributed by atoms with E-state index in [2.05, 4.69) is 5.32 Å². The van der Waals surface area contributed by atoms with E-state index in [1.54, 1.807) is 6.92 Å². The molecule has 114 valence electrons. The molecule has 1 rings (SSSR count). The van der Waals surface area contributed by atoms with Gasteiger partial charge in [0.15, 0.2) is 0 Å². The van der Waals surface area contributed by atoms with Crippen molar-refractivity contribution in [3.05, 3.63) is 29.6 Å². The first-order valence-electron chi connectivity index (χ1n) is 5.73. The molecule has 1 aromatic carbocycles. The minimum absolute atomic E-state index is 0.166. The summed E-state index contributed by atoms with van der Waals surface area (Å²) in [5.74, 6) is -1.74. The van der Waals surface area contributed by atoms with E-state index in [0.29, 0.717) is 18.7 Å². The maximum atomic E-state index is 13.0. The second-order valence-electron chi connectivity index (χ2n) is 3.97. The lowest BCUT2D eigenvalue weighted by Gasteiger charge is -2.12. The molecule has 0 atom stereocenters. The first-order chi connectivity index (χ1) is 9.15. The molecule has 9 heteroatoms. The Bertz CT molecular complexity index is 558. The van der Waals surface area contributed by atoms with Gasteiger partial charge in [0, 0.05) is 12.2 Å². The third kappa shape index (κ3) is 4.97. The smallest absolute Gasteiger partial charge is 0.316 e. The molecule has 0 fully saturated rings. The summed E-state index contributed by atoms with van der Waals surface area (Å²) in [5.41, 5.74) is -1.83. The zero-order valence-corrected chi connectivity index (χ0v) is 11.4. The van der Waals surface area contributed by atoms with Crippen LogP contribution < -0.4 is 10.0 Å². The standard InChI is InChI=1S/C11H14F4N2O2S/c1-2-16-5-6-20(18,19)17-8-3-4-10(12)9(7-8)11(13,14)15/h3-4,7,16-17H,2,5-6H2,1H3. The number of halogens is 4. The Morgan fingerprint density at radius 1 is 1.25 bits per heavy atom. The van der Waals surface area contributed by atoms with Crippen molar-refractivity contribution in [2.75, 3.05) is 23.6 Å². The summed E-state index contributed by atoms with van der Waals surface area (Å²) in [5, 5.41) is 2.78. The fourth-order valence-electron chi connectivity index (χ4n) is 1.42. The van der Waals surface area contributed by atoms with Crippen molar-refractivity contribution in [1.29, 1.82) is 0 Å². The van der Waals surface area contributed by atoms with E-state index < -0.39 is 27.6 Å². The molecule has 2 N–H and O–H groups in total. The summed E-state index contributed by atoms with van der Waals surface area (Å²) in [6.45, 7) is 2.53. The van der Waals surface area contributed by atoms with Gasteiger partial charge in [-0.1, -0.05) is 6.92 Å². The van der Waals surface area contributed by atoms with Crippen molar-refractivity contribution in [2.24, 2.45) is 0 Å². The topological polar surface area (TPSA) is 58.2 Å². The maximum absolute atomic E-state index is 13.0. The van der Waals surface area contributed by atoms with E-state index >= 15 is 0 Å². The van der Waals surface area contributed by atoms with Crippen LogP contribution in [0.5, 0.6) is 0 Å². The Morgan fingerprint density at radius 2 is 1.90 bits per heavy atom. The van der Waals surface area contributed by atoms with Crippen LogP contribution in [0.25, 0.3) is 0 Å². The van der Waals surface area contributed by atoms with E-state index in [4.69, 9.17) is 0 Å². The minimum atomic E-state index is -4.88. The van der Waals surface area contributed by atoms with E-state index in [-0.39, 0.29) is 18.0 Å². The highest BCUT2D eigenvalue weighted by Crippen LogP contribution is 2.33. The largest absolute Gasteiger partial charge is 0.419 e. The Balaban J connectivity index is 2.88. The summed E-state index contributed by atoms with van der Waals surface area (Å²) in [7, 11) is -3.78. The fraction of sp³-hybridized carbons (Fsp3) is 0.455. The molecule has 0 aliphatic rings. The number of alkyl halides is 3. The van der Waals surface area contributed by atoms with Gasteiger partial charge in [0.1, 0.15) is 5.82 Å². The summed E-state index contributed by atoms with van der Waals surface area (Å²) < 4.78 is 75.7. The van der Waals surface area contributed by atoms with Crippen LogP contribution in [-0.4, -0.2) is 27.3 Å². The monoisotopic (exact) mass is 314 g/mol. The molecule has 20 heavy (non-hydrogen) atoms. The number of anilines is 1. The molecule has 0 saturated heterocycles. The van der Waals surface area contributed by atoms with Crippen LogP contribution >= 0.6 is 0 Å². The van der Waals surface area contributed by atoms with Crippen LogP contribution in [0.15, 0.2) is 18.2 Å². The molecule has 0 heterocycles. The molecular formula is C11H14F4N2O2S. The van der Waals surface area contributed by atoms with Crippen LogP contribution in [0.2, 0.25) is 0 Å². The molecule has 0 bridgehead atoms. The van der Waals surface area contributed by atoms with Crippen molar-refractivity contribution in [3.63, 3.8) is 0 Å². The summed E-state index contributed by atoms with van der Waals surface area (Å²) >= 11 is 0. The van der Waals surface area contributed by atoms with Crippen molar-refractivity contribution >= 4 is 15.7 Å². The van der Waals surface area contributed by atoms with Gasteiger partial charge in [-0.05, 0) is 24.7 Å². The molecule has 0 spiro atoms. The number of nitrogens with one attached hydrogen (secondary N) is 2. The van der Waals surface area contributed by atoms with Gasteiger partial charge in [0.25, 0.3) is 0 Å². The Hall–Kier alpha value is -1.35. The molecule has 0 aliphatic heterocycles. The van der Waals surface area contributed by atoms with Crippen molar-refractivity contribution in [3.8, 4) is 0 Å². The highest BCUT2D eigenvalue weighted by atomic mass is 32.2. The average Bonchev–Trinajstić information content (AvgIpc) is 2.30. The van der Waals surface area contributed by atoms with Crippen LogP contribution in [0.3, 0.4) is 0 Å². The first kappa shape index (κ1) is 16.7. The quantitative estimate of drug-likeness (QED) is 0.625. The van der Waals surface area contributed by atoms with Gasteiger partial charge in [0.2, 0.25) is 10.0 Å². The number of benzene rings is 1. The lowest BCUT2D eigenvalue weighted by molar-refractivity contribution is -0.139. The molecule has 4 nitrogen and oxygen atoms in total. The summed E-state index contributed by atoms with van der Waals surface area (Å²) in [4.78, 5) is 0. The highest BCUT2D eigenvalue weighted by molar-refractivity contribution is 7.92. The van der Waals surface area contributed by atoms with Crippen molar-refractivity contribution in [2.45, 2.75) is 13.1 Å². The number of hydrogen-bond donors (Lipinski definition) is 2. The van der Waals surface area contributed by atoms with Crippen LogP contribution in [-0.2, 0) is 16.2 Å². The Kier molecular flexibility index (Phi) is 5.35. The zero-order valence-electron chi connectivity index (χ0n) is 10.6. The van der Waals surface area contributed by atoms with Crippen molar-refractivity contribution < 1.29 is 26.0 Å². The predicted octanol–water partition coefficient (Wildman–Crippen LogP) is 2.20. The minimum Gasteiger partial charge on any atom is -0.316 e. The molecule has 0 aromatic heterocycles. The summed E-state index contributed by atoms with van der Waals surface area (Å²) in [6, 6.07) is 1.94. The van der Waals surface area contributed by atoms with Crippen molar-refractivity contribution in [1.82, 2.24) is 5.32 Å². The maximum Gasteiger partial charge on any atom is 0.419 e. The van der Waals surface area contributed by atoms with E-state index in [9.17, 15) is 26.0 Å². The third-order valence-electron chi connectivity index (χ3n) is 2.34. The van der Waals surface area contributed by atoms with Crippen LogP contribution in [0.1, 0.15) is 12.5 Å². The van der Waals surface area contributed by atoms with Gasteiger partial charge in [0.05, 0.1) is 11.3 Å². The summed E-state index contributed by atoms with van der Waals surface area (Å²) in [6.07, 6.45) is -4.88. The molecule has 0 unspecified atom stereocenters. The number of hydrogen-bond acceptors (Lipinski definition) is 3. The molecule has 0 radical (unpaired) electrons. The molecule has 1 aromatic rings. The van der Waals surface area contributed by atoms with Gasteiger partial charge in [-0.2, -0.15) is 13.2 Å². The van der Waals surface area contributed by atoms with E-state index in [1.807, 2.05) is 4.72 Å². The van der Waals surface area contributed by atoms with Gasteiger partial charge >= 0.3 is 6.18 Å². The third-order valence-corrected chi connectivity index (χ3v) is 3.63. The predicted molar refractivity (Wildman–Crippen MR) is 67.4 cm³/mol. The van der Waals surface area contributed by atoms with Gasteiger partial charge < -0.3 is 5.32 Å². The normalized spacial score (nSPS) is 12.4. The SMILES string of the molecule is CCNCCS(=O)(=O)Nc1ccc(F)c(C(F)(F)F)c1. The molecule has 0 amide bonds. The lowest BCUT2D eigenvalue weighted by atomic mass is 10.2. The highest BCUT2D eigenvalue weighted by Gasteiger charge is 2.34. The van der Waals surface area contributed by atoms with Gasteiger partial charge in [-0.15, -0.1) is 0 Å². The Morgan fingerprint density at radius 3 is 2.45 bits per heavy atom. The van der Waals surface area contributed by atoms with Crippen LogP contribution in [0, 0.1) is 5.82 Å². The molecular weight excluding hydrogens is 300 g/mol. The second-order valence-corrected chi connectivity index (χ2v) is 5.81.